The monoisotopic (exact) mass is 302 g/mol. The highest BCUT2D eigenvalue weighted by Gasteiger charge is 2.34. The predicted molar refractivity (Wildman–Crippen MR) is 87.3 cm³/mol. The highest BCUT2D eigenvalue weighted by Crippen LogP contribution is 2.32. The van der Waals surface area contributed by atoms with Gasteiger partial charge in [0, 0.05) is 19.5 Å². The number of carbonyl (C=O) groups excluding carboxylic acids is 1. The van der Waals surface area contributed by atoms with E-state index >= 15 is 0 Å². The molecule has 4 nitrogen and oxygen atoms in total. The molecule has 2 aliphatic rings. The number of nitrogens with one attached hydrogen (secondary N) is 1. The maximum Gasteiger partial charge on any atom is 0.264 e. The zero-order valence-corrected chi connectivity index (χ0v) is 13.8. The van der Waals surface area contributed by atoms with Crippen LogP contribution in [0.4, 0.5) is 0 Å². The number of nitrogens with zero attached hydrogens (tertiary/aromatic N) is 1. The van der Waals surface area contributed by atoms with E-state index in [2.05, 4.69) is 31.3 Å². The molecule has 0 aliphatic carbocycles. The maximum absolute atomic E-state index is 12.8. The van der Waals surface area contributed by atoms with Gasteiger partial charge in [0.25, 0.3) is 5.91 Å². The Morgan fingerprint density at radius 1 is 1.36 bits per heavy atom. The van der Waals surface area contributed by atoms with Crippen LogP contribution in [0.25, 0.3) is 0 Å². The summed E-state index contributed by atoms with van der Waals surface area (Å²) in [6, 6.07) is 4.23. The third kappa shape index (κ3) is 2.98. The minimum absolute atomic E-state index is 0.160. The molecule has 1 aromatic carbocycles. The molecule has 2 aliphatic heterocycles. The lowest BCUT2D eigenvalue weighted by Gasteiger charge is -2.34. The van der Waals surface area contributed by atoms with Crippen LogP contribution in [-0.2, 0) is 11.2 Å². The van der Waals surface area contributed by atoms with Gasteiger partial charge in [-0.25, -0.2) is 0 Å². The van der Waals surface area contributed by atoms with Gasteiger partial charge in [-0.1, -0.05) is 6.07 Å². The van der Waals surface area contributed by atoms with Crippen molar-refractivity contribution in [1.82, 2.24) is 10.2 Å². The lowest BCUT2D eigenvalue weighted by atomic mass is 9.97. The number of piperidine rings is 1. The van der Waals surface area contributed by atoms with E-state index in [1.54, 1.807) is 0 Å². The molecule has 3 rings (SSSR count). The molecule has 120 valence electrons. The molecule has 4 heteroatoms. The Kier molecular flexibility index (Phi) is 4.39. The lowest BCUT2D eigenvalue weighted by Crippen LogP contribution is -2.47. The van der Waals surface area contributed by atoms with E-state index in [4.69, 9.17) is 4.74 Å². The van der Waals surface area contributed by atoms with E-state index in [0.717, 1.165) is 31.8 Å². The Morgan fingerprint density at radius 3 is 2.91 bits per heavy atom. The highest BCUT2D eigenvalue weighted by atomic mass is 16.5. The zero-order valence-electron chi connectivity index (χ0n) is 13.8. The van der Waals surface area contributed by atoms with Crippen molar-refractivity contribution in [1.29, 1.82) is 0 Å². The van der Waals surface area contributed by atoms with Gasteiger partial charge >= 0.3 is 0 Å². The molecule has 0 unspecified atom stereocenters. The van der Waals surface area contributed by atoms with Crippen molar-refractivity contribution in [2.75, 3.05) is 26.7 Å². The van der Waals surface area contributed by atoms with Crippen molar-refractivity contribution >= 4 is 5.91 Å². The summed E-state index contributed by atoms with van der Waals surface area (Å²) < 4.78 is 5.95. The molecule has 1 fully saturated rings. The van der Waals surface area contributed by atoms with E-state index in [9.17, 15) is 4.79 Å². The summed E-state index contributed by atoms with van der Waals surface area (Å²) in [5.41, 5.74) is 3.66. The lowest BCUT2D eigenvalue weighted by molar-refractivity contribution is -0.139. The standard InChI is InChI=1S/C18H26N2O2/c1-12-7-15-9-17(22-16(15)8-13(12)2)18(21)20-6-4-5-14(11-20)10-19-3/h7-8,14,17,19H,4-6,9-11H2,1-3H3/t14-,17+/m0/s1. The van der Waals surface area contributed by atoms with Gasteiger partial charge in [-0.15, -0.1) is 0 Å². The molecule has 0 bridgehead atoms. The minimum atomic E-state index is -0.329. The quantitative estimate of drug-likeness (QED) is 0.929. The normalized spacial score (nSPS) is 24.0. The average molecular weight is 302 g/mol. The number of aryl methyl sites for hydroxylation is 2. The smallest absolute Gasteiger partial charge is 0.264 e. The first-order valence-electron chi connectivity index (χ1n) is 8.28. The number of hydrogen-bond acceptors (Lipinski definition) is 3. The van der Waals surface area contributed by atoms with E-state index in [1.807, 2.05) is 11.9 Å². The van der Waals surface area contributed by atoms with Gasteiger partial charge in [0.2, 0.25) is 0 Å². The van der Waals surface area contributed by atoms with Crippen molar-refractivity contribution in [3.8, 4) is 5.75 Å². The molecule has 0 radical (unpaired) electrons. The molecule has 1 aromatic rings. The van der Waals surface area contributed by atoms with Gasteiger partial charge in [0.1, 0.15) is 5.75 Å². The minimum Gasteiger partial charge on any atom is -0.480 e. The van der Waals surface area contributed by atoms with Crippen LogP contribution in [0.2, 0.25) is 0 Å². The SMILES string of the molecule is CNC[C@@H]1CCCN(C(=O)[C@H]2Cc3cc(C)c(C)cc3O2)C1. The Bertz CT molecular complexity index is 537. The maximum atomic E-state index is 12.8. The number of amides is 1. The molecular weight excluding hydrogens is 276 g/mol. The van der Waals surface area contributed by atoms with Gasteiger partial charge in [-0.05, 0) is 69.0 Å². The van der Waals surface area contributed by atoms with Crippen LogP contribution in [-0.4, -0.2) is 43.6 Å². The van der Waals surface area contributed by atoms with Gasteiger partial charge in [-0.2, -0.15) is 0 Å². The van der Waals surface area contributed by atoms with Gasteiger partial charge in [0.05, 0.1) is 0 Å². The van der Waals surface area contributed by atoms with Crippen LogP contribution in [0.15, 0.2) is 12.1 Å². The highest BCUT2D eigenvalue weighted by molar-refractivity contribution is 5.82. The van der Waals surface area contributed by atoms with Crippen molar-refractivity contribution in [2.24, 2.45) is 5.92 Å². The van der Waals surface area contributed by atoms with Gasteiger partial charge in [0.15, 0.2) is 6.10 Å². The second-order valence-corrected chi connectivity index (χ2v) is 6.70. The fraction of sp³-hybridized carbons (Fsp3) is 0.611. The van der Waals surface area contributed by atoms with Crippen molar-refractivity contribution in [3.63, 3.8) is 0 Å². The summed E-state index contributed by atoms with van der Waals surface area (Å²) in [6.45, 7) is 6.90. The second kappa shape index (κ2) is 6.29. The Morgan fingerprint density at radius 2 is 2.14 bits per heavy atom. The summed E-state index contributed by atoms with van der Waals surface area (Å²) >= 11 is 0. The number of fused-ring (bicyclic) bond motifs is 1. The summed E-state index contributed by atoms with van der Waals surface area (Å²) in [6.07, 6.45) is 2.68. The predicted octanol–water partition coefficient (Wildman–Crippen LogP) is 2.06. The number of ether oxygens (including phenoxy) is 1. The summed E-state index contributed by atoms with van der Waals surface area (Å²) in [5, 5.41) is 3.22. The topological polar surface area (TPSA) is 41.6 Å². The average Bonchev–Trinajstić information content (AvgIpc) is 2.90. The van der Waals surface area contributed by atoms with Crippen LogP contribution in [0, 0.1) is 19.8 Å². The number of likely N-dealkylation sites (tertiary alicyclic amines) is 1. The largest absolute Gasteiger partial charge is 0.480 e. The Labute approximate surface area is 132 Å². The van der Waals surface area contributed by atoms with Crippen LogP contribution < -0.4 is 10.1 Å². The molecule has 2 heterocycles. The van der Waals surface area contributed by atoms with Gasteiger partial charge < -0.3 is 15.0 Å². The molecule has 1 saturated heterocycles. The van der Waals surface area contributed by atoms with E-state index in [1.165, 1.54) is 23.1 Å². The van der Waals surface area contributed by atoms with E-state index < -0.39 is 0 Å². The van der Waals surface area contributed by atoms with Crippen LogP contribution in [0.3, 0.4) is 0 Å². The molecule has 22 heavy (non-hydrogen) atoms. The molecule has 2 atom stereocenters. The third-order valence-electron chi connectivity index (χ3n) is 4.95. The molecule has 0 spiro atoms. The van der Waals surface area contributed by atoms with Crippen molar-refractivity contribution in [2.45, 2.75) is 39.2 Å². The summed E-state index contributed by atoms with van der Waals surface area (Å²) in [5.74, 6) is 1.62. The molecule has 0 aromatic heterocycles. The van der Waals surface area contributed by atoms with Crippen molar-refractivity contribution < 1.29 is 9.53 Å². The summed E-state index contributed by atoms with van der Waals surface area (Å²) in [4.78, 5) is 14.8. The van der Waals surface area contributed by atoms with Crippen LogP contribution in [0.1, 0.15) is 29.5 Å². The fourth-order valence-electron chi connectivity index (χ4n) is 3.58. The third-order valence-corrected chi connectivity index (χ3v) is 4.95. The Hall–Kier alpha value is -1.55. The molecular formula is C18H26N2O2. The number of hydrogen-bond donors (Lipinski definition) is 1. The first-order valence-corrected chi connectivity index (χ1v) is 8.28. The molecule has 1 amide bonds. The first-order chi connectivity index (χ1) is 10.6. The second-order valence-electron chi connectivity index (χ2n) is 6.70. The van der Waals surface area contributed by atoms with E-state index in [-0.39, 0.29) is 12.0 Å². The van der Waals surface area contributed by atoms with Crippen LogP contribution >= 0.6 is 0 Å². The number of rotatable bonds is 3. The van der Waals surface area contributed by atoms with Crippen molar-refractivity contribution in [3.05, 3.63) is 28.8 Å². The van der Waals surface area contributed by atoms with Gasteiger partial charge in [-0.3, -0.25) is 4.79 Å². The Balaban J connectivity index is 1.67. The fourth-order valence-corrected chi connectivity index (χ4v) is 3.58. The first kappa shape index (κ1) is 15.3. The number of carbonyl (C=O) groups is 1. The molecule has 1 N–H and O–H groups in total. The zero-order chi connectivity index (χ0) is 15.7. The van der Waals surface area contributed by atoms with E-state index in [0.29, 0.717) is 12.3 Å². The summed E-state index contributed by atoms with van der Waals surface area (Å²) in [7, 11) is 1.97. The van der Waals surface area contributed by atoms with Crippen LogP contribution in [0.5, 0.6) is 5.75 Å². The number of benzene rings is 1. The molecule has 0 saturated carbocycles.